The summed E-state index contributed by atoms with van der Waals surface area (Å²) in [6.07, 6.45) is 19.1. The molecule has 3 aliphatic rings. The fourth-order valence-corrected chi connectivity index (χ4v) is 2.00. The quantitative estimate of drug-likeness (QED) is 0.516. The van der Waals surface area contributed by atoms with Gasteiger partial charge in [-0.3, -0.25) is 0 Å². The summed E-state index contributed by atoms with van der Waals surface area (Å²) in [6.45, 7) is 0.390. The van der Waals surface area contributed by atoms with Crippen LogP contribution in [0.15, 0.2) is 72.0 Å². The van der Waals surface area contributed by atoms with Crippen LogP contribution in [0, 0.1) is 0 Å². The third kappa shape index (κ3) is 1.04. The van der Waals surface area contributed by atoms with E-state index in [-0.39, 0.29) is 0 Å². The Labute approximate surface area is 84.2 Å². The van der Waals surface area contributed by atoms with Gasteiger partial charge in [-0.15, -0.1) is 0 Å². The maximum atomic E-state index is 2.29. The van der Waals surface area contributed by atoms with Gasteiger partial charge in [-0.2, -0.15) is 0 Å². The van der Waals surface area contributed by atoms with Crippen molar-refractivity contribution in [2.45, 2.75) is 0 Å². The van der Waals surface area contributed by atoms with Gasteiger partial charge in [-0.25, -0.2) is 0 Å². The summed E-state index contributed by atoms with van der Waals surface area (Å²) in [5, 5.41) is 0. The Hall–Kier alpha value is -1.70. The number of fused-ring (bicyclic) bond motifs is 3. The van der Waals surface area contributed by atoms with Crippen molar-refractivity contribution in [1.82, 2.24) is 4.81 Å². The molecule has 3 rings (SSSR count). The van der Waals surface area contributed by atoms with E-state index in [1.54, 1.807) is 0 Å². The summed E-state index contributed by atoms with van der Waals surface area (Å²) in [7, 11) is 0. The Morgan fingerprint density at radius 1 is 0.929 bits per heavy atom. The van der Waals surface area contributed by atoms with E-state index in [4.69, 9.17) is 0 Å². The first-order valence-electron chi connectivity index (χ1n) is 4.85. The van der Waals surface area contributed by atoms with Crippen molar-refractivity contribution in [3.63, 3.8) is 0 Å². The highest BCUT2D eigenvalue weighted by atomic mass is 15.1. The minimum Gasteiger partial charge on any atom is -0.383 e. The third-order valence-corrected chi connectivity index (χ3v) is 2.70. The van der Waals surface area contributed by atoms with Crippen LogP contribution in [0.4, 0.5) is 0 Å². The molecule has 3 aliphatic heterocycles. The summed E-state index contributed by atoms with van der Waals surface area (Å²) in [6, 6.07) is 0. The van der Waals surface area contributed by atoms with Crippen molar-refractivity contribution in [3.05, 3.63) is 72.0 Å². The largest absolute Gasteiger partial charge is 0.383 e. The van der Waals surface area contributed by atoms with Crippen molar-refractivity contribution in [1.29, 1.82) is 0 Å². The molecule has 0 fully saturated rings. The van der Waals surface area contributed by atoms with Gasteiger partial charge in [0.05, 0.1) is 0 Å². The Balaban J connectivity index is 2.08. The molecule has 66 valence electrons. The van der Waals surface area contributed by atoms with Crippen molar-refractivity contribution in [2.75, 3.05) is 0 Å². The molecule has 14 heavy (non-hydrogen) atoms. The normalized spacial score (nSPS) is 21.7. The van der Waals surface area contributed by atoms with Crippen LogP contribution < -0.4 is 0 Å². The minimum absolute atomic E-state index is 0.390. The smallest absolute Gasteiger partial charge is 0.320 e. The number of allylic oxidation sites excluding steroid dienone is 9. The number of hydrogen-bond donors (Lipinski definition) is 0. The van der Waals surface area contributed by atoms with Gasteiger partial charge in [0.2, 0.25) is 0 Å². The lowest BCUT2D eigenvalue weighted by atomic mass is 9.50. The molecule has 1 nitrogen and oxygen atoms in total. The van der Waals surface area contributed by atoms with E-state index in [1.807, 2.05) is 0 Å². The van der Waals surface area contributed by atoms with Crippen LogP contribution in [0.3, 0.4) is 0 Å². The van der Waals surface area contributed by atoms with Crippen LogP contribution in [0.5, 0.6) is 0 Å². The van der Waals surface area contributed by atoms with Gasteiger partial charge in [-0.05, 0) is 24.4 Å². The molecule has 0 bridgehead atoms. The van der Waals surface area contributed by atoms with Gasteiger partial charge in [0.25, 0.3) is 0 Å². The van der Waals surface area contributed by atoms with Crippen LogP contribution in [0.25, 0.3) is 0 Å². The van der Waals surface area contributed by atoms with E-state index >= 15 is 0 Å². The molecule has 0 aromatic carbocycles. The molecule has 0 spiro atoms. The second kappa shape index (κ2) is 2.91. The first kappa shape index (κ1) is 7.68. The van der Waals surface area contributed by atoms with E-state index in [2.05, 4.69) is 65.6 Å². The lowest BCUT2D eigenvalue weighted by Gasteiger charge is -2.33. The highest BCUT2D eigenvalue weighted by Gasteiger charge is 2.27. The van der Waals surface area contributed by atoms with Gasteiger partial charge < -0.3 is 4.81 Å². The van der Waals surface area contributed by atoms with Crippen LogP contribution in [0.2, 0.25) is 0 Å². The summed E-state index contributed by atoms with van der Waals surface area (Å²) in [5.41, 5.74) is 2.62. The Kier molecular flexibility index (Phi) is 1.60. The molecule has 0 atom stereocenters. The van der Waals surface area contributed by atoms with Gasteiger partial charge in [-0.1, -0.05) is 41.8 Å². The standard InChI is InChI=1S/C12H10BN/c1-3-9-13-11(5-1)7-8-12-6-2-4-10-14(12)13/h1-10H. The average molecular weight is 179 g/mol. The Morgan fingerprint density at radius 3 is 2.86 bits per heavy atom. The average Bonchev–Trinajstić information content (AvgIpc) is 2.29. The van der Waals surface area contributed by atoms with Gasteiger partial charge >= 0.3 is 6.85 Å². The number of hydrogen-bond acceptors (Lipinski definition) is 1. The van der Waals surface area contributed by atoms with Crippen molar-refractivity contribution in [3.8, 4) is 0 Å². The molecule has 0 saturated carbocycles. The zero-order valence-corrected chi connectivity index (χ0v) is 7.80. The molecular formula is C12H10BN. The minimum atomic E-state index is 0.390. The second-order valence-electron chi connectivity index (χ2n) is 3.55. The van der Waals surface area contributed by atoms with Crippen molar-refractivity contribution in [2.24, 2.45) is 0 Å². The number of nitrogens with zero attached hydrogens (tertiary/aromatic N) is 1. The third-order valence-electron chi connectivity index (χ3n) is 2.70. The Bertz CT molecular complexity index is 393. The number of rotatable bonds is 0. The molecule has 0 saturated heterocycles. The van der Waals surface area contributed by atoms with Gasteiger partial charge in [0.15, 0.2) is 0 Å². The van der Waals surface area contributed by atoms with E-state index in [0.717, 1.165) is 0 Å². The van der Waals surface area contributed by atoms with Crippen molar-refractivity contribution >= 4 is 6.85 Å². The molecule has 0 aliphatic carbocycles. The maximum Gasteiger partial charge on any atom is 0.320 e. The van der Waals surface area contributed by atoms with Crippen LogP contribution in [-0.2, 0) is 0 Å². The summed E-state index contributed by atoms with van der Waals surface area (Å²) >= 11 is 0. The van der Waals surface area contributed by atoms with Gasteiger partial charge in [0, 0.05) is 5.70 Å². The monoisotopic (exact) mass is 179 g/mol. The highest BCUT2D eigenvalue weighted by Crippen LogP contribution is 2.25. The second-order valence-corrected chi connectivity index (χ2v) is 3.55. The van der Waals surface area contributed by atoms with Crippen LogP contribution in [-0.4, -0.2) is 11.7 Å². The summed E-state index contributed by atoms with van der Waals surface area (Å²) in [4.78, 5) is 2.29. The maximum absolute atomic E-state index is 2.29. The molecule has 0 aromatic heterocycles. The Morgan fingerprint density at radius 2 is 1.86 bits per heavy atom. The molecule has 0 amide bonds. The van der Waals surface area contributed by atoms with Gasteiger partial charge in [0.1, 0.15) is 0 Å². The molecule has 2 heteroatoms. The highest BCUT2D eigenvalue weighted by molar-refractivity contribution is 6.71. The fraction of sp³-hybridized carbons (Fsp3) is 0. The first-order chi connectivity index (χ1) is 6.95. The predicted molar refractivity (Wildman–Crippen MR) is 60.3 cm³/mol. The molecule has 0 unspecified atom stereocenters. The van der Waals surface area contributed by atoms with E-state index in [0.29, 0.717) is 6.85 Å². The molecular weight excluding hydrogens is 169 g/mol. The molecule has 0 radical (unpaired) electrons. The molecule has 0 aromatic rings. The zero-order valence-electron chi connectivity index (χ0n) is 7.80. The predicted octanol–water partition coefficient (Wildman–Crippen LogP) is 2.39. The topological polar surface area (TPSA) is 3.24 Å². The zero-order chi connectivity index (χ0) is 9.38. The SMILES string of the molecule is C1=CB2C(=CC=C3C=CC=CN23)C=C1. The van der Waals surface area contributed by atoms with E-state index in [9.17, 15) is 0 Å². The first-order valence-corrected chi connectivity index (χ1v) is 4.85. The lowest BCUT2D eigenvalue weighted by Crippen LogP contribution is -2.37. The molecule has 0 N–H and O–H groups in total. The van der Waals surface area contributed by atoms with Crippen LogP contribution >= 0.6 is 0 Å². The summed E-state index contributed by atoms with van der Waals surface area (Å²) < 4.78 is 0. The van der Waals surface area contributed by atoms with E-state index in [1.165, 1.54) is 11.2 Å². The lowest BCUT2D eigenvalue weighted by molar-refractivity contribution is 0.734. The van der Waals surface area contributed by atoms with E-state index < -0.39 is 0 Å². The molecule has 3 heterocycles. The van der Waals surface area contributed by atoms with Crippen molar-refractivity contribution < 1.29 is 0 Å². The summed E-state index contributed by atoms with van der Waals surface area (Å²) in [5.74, 6) is 2.22. The fourth-order valence-electron chi connectivity index (χ4n) is 2.00. The van der Waals surface area contributed by atoms with Crippen LogP contribution in [0.1, 0.15) is 0 Å².